The lowest BCUT2D eigenvalue weighted by Crippen LogP contribution is -2.53. The maximum absolute atomic E-state index is 13.8. The Labute approximate surface area is 229 Å². The zero-order valence-electron chi connectivity index (χ0n) is 22.2. The number of amides is 2. The Morgan fingerprint density at radius 3 is 2.38 bits per heavy atom. The van der Waals surface area contributed by atoms with Gasteiger partial charge >= 0.3 is 0 Å². The molecule has 0 saturated heterocycles. The smallest absolute Gasteiger partial charge is 0.244 e. The lowest BCUT2D eigenvalue weighted by molar-refractivity contribution is -0.140. The van der Waals surface area contributed by atoms with Gasteiger partial charge in [0.1, 0.15) is 12.6 Å². The molecule has 1 fully saturated rings. The van der Waals surface area contributed by atoms with Crippen LogP contribution in [0.5, 0.6) is 0 Å². The molecular formula is C28H38BrN3O4S. The zero-order valence-corrected chi connectivity index (χ0v) is 24.6. The molecular weight excluding hydrogens is 554 g/mol. The highest BCUT2D eigenvalue weighted by molar-refractivity contribution is 9.10. The first-order valence-electron chi connectivity index (χ1n) is 12.9. The highest BCUT2D eigenvalue weighted by Crippen LogP contribution is 2.25. The van der Waals surface area contributed by atoms with Gasteiger partial charge in [0.15, 0.2) is 0 Å². The number of nitrogens with zero attached hydrogens (tertiary/aromatic N) is 2. The molecule has 2 amide bonds. The van der Waals surface area contributed by atoms with E-state index in [1.807, 2.05) is 45.0 Å². The summed E-state index contributed by atoms with van der Waals surface area (Å²) in [6, 6.07) is 12.4. The van der Waals surface area contributed by atoms with Crippen LogP contribution in [-0.4, -0.2) is 50.0 Å². The molecule has 37 heavy (non-hydrogen) atoms. The van der Waals surface area contributed by atoms with E-state index in [1.165, 1.54) is 11.3 Å². The van der Waals surface area contributed by atoms with Gasteiger partial charge < -0.3 is 10.2 Å². The SMILES string of the molecule is CCC(C(=O)NC1CCCCC1)N(Cc1cccc(C)c1)C(=O)CN(c1ccc(Br)c(C)c1)S(C)(=O)=O. The second kappa shape index (κ2) is 12.9. The Bertz CT molecular complexity index is 1210. The molecule has 0 bridgehead atoms. The summed E-state index contributed by atoms with van der Waals surface area (Å²) in [5.74, 6) is -0.598. The second-order valence-corrected chi connectivity index (χ2v) is 12.7. The highest BCUT2D eigenvalue weighted by Gasteiger charge is 2.33. The molecule has 3 rings (SSSR count). The summed E-state index contributed by atoms with van der Waals surface area (Å²) in [6.07, 6.45) is 6.76. The molecule has 0 radical (unpaired) electrons. The van der Waals surface area contributed by atoms with E-state index in [0.29, 0.717) is 12.1 Å². The van der Waals surface area contributed by atoms with Crippen molar-refractivity contribution in [3.8, 4) is 0 Å². The van der Waals surface area contributed by atoms with E-state index < -0.39 is 22.0 Å². The van der Waals surface area contributed by atoms with Crippen LogP contribution in [0.4, 0.5) is 5.69 Å². The van der Waals surface area contributed by atoms with Crippen molar-refractivity contribution in [2.45, 2.75) is 77.9 Å². The summed E-state index contributed by atoms with van der Waals surface area (Å²) in [5.41, 5.74) is 3.20. The van der Waals surface area contributed by atoms with Crippen molar-refractivity contribution in [3.63, 3.8) is 0 Å². The number of carbonyl (C=O) groups is 2. The summed E-state index contributed by atoms with van der Waals surface area (Å²) >= 11 is 3.44. The lowest BCUT2D eigenvalue weighted by atomic mass is 9.95. The Morgan fingerprint density at radius 2 is 1.78 bits per heavy atom. The van der Waals surface area contributed by atoms with Gasteiger partial charge in [0.25, 0.3) is 0 Å². The average Bonchev–Trinajstić information content (AvgIpc) is 2.84. The van der Waals surface area contributed by atoms with Crippen molar-refractivity contribution in [3.05, 3.63) is 63.6 Å². The Kier molecular flexibility index (Phi) is 10.2. The maximum Gasteiger partial charge on any atom is 0.244 e. The molecule has 202 valence electrons. The van der Waals surface area contributed by atoms with E-state index in [9.17, 15) is 18.0 Å². The van der Waals surface area contributed by atoms with E-state index in [2.05, 4.69) is 21.2 Å². The standard InChI is InChI=1S/C28H38BrN3O4S/c1-5-26(28(34)30-23-12-7-6-8-13-23)31(18-22-11-9-10-20(2)16-22)27(33)19-32(37(4,35)36)24-14-15-25(29)21(3)17-24/h9-11,14-17,23,26H,5-8,12-13,18-19H2,1-4H3,(H,30,34). The molecule has 1 saturated carbocycles. The fourth-order valence-electron chi connectivity index (χ4n) is 4.87. The van der Waals surface area contributed by atoms with Gasteiger partial charge in [-0.05, 0) is 62.4 Å². The van der Waals surface area contributed by atoms with E-state index in [0.717, 1.165) is 57.4 Å². The molecule has 1 N–H and O–H groups in total. The highest BCUT2D eigenvalue weighted by atomic mass is 79.9. The first kappa shape index (κ1) is 29.2. The first-order chi connectivity index (χ1) is 17.5. The molecule has 1 atom stereocenters. The lowest BCUT2D eigenvalue weighted by Gasteiger charge is -2.34. The summed E-state index contributed by atoms with van der Waals surface area (Å²) in [4.78, 5) is 28.8. The number of rotatable bonds is 10. The van der Waals surface area contributed by atoms with Crippen molar-refractivity contribution in [1.29, 1.82) is 0 Å². The van der Waals surface area contributed by atoms with Crippen LogP contribution in [0.1, 0.15) is 62.1 Å². The predicted molar refractivity (Wildman–Crippen MR) is 152 cm³/mol. The molecule has 0 aromatic heterocycles. The van der Waals surface area contributed by atoms with Gasteiger partial charge in [-0.15, -0.1) is 0 Å². The van der Waals surface area contributed by atoms with Crippen LogP contribution in [0.3, 0.4) is 0 Å². The number of halogens is 1. The molecule has 0 spiro atoms. The Balaban J connectivity index is 1.93. The number of nitrogens with one attached hydrogen (secondary N) is 1. The van der Waals surface area contributed by atoms with Crippen LogP contribution >= 0.6 is 15.9 Å². The van der Waals surface area contributed by atoms with Crippen molar-refractivity contribution < 1.29 is 18.0 Å². The summed E-state index contributed by atoms with van der Waals surface area (Å²) in [6.45, 7) is 5.55. The largest absolute Gasteiger partial charge is 0.352 e. The van der Waals surface area contributed by atoms with E-state index >= 15 is 0 Å². The number of anilines is 1. The summed E-state index contributed by atoms with van der Waals surface area (Å²) in [5, 5.41) is 3.16. The molecule has 0 heterocycles. The van der Waals surface area contributed by atoms with Gasteiger partial charge in [0.2, 0.25) is 21.8 Å². The molecule has 2 aromatic rings. The third kappa shape index (κ3) is 8.04. The number of aryl methyl sites for hydroxylation is 2. The van der Waals surface area contributed by atoms with Crippen LogP contribution in [0.25, 0.3) is 0 Å². The molecule has 9 heteroatoms. The minimum atomic E-state index is -3.76. The zero-order chi connectivity index (χ0) is 27.2. The fraction of sp³-hybridized carbons (Fsp3) is 0.500. The minimum absolute atomic E-state index is 0.115. The van der Waals surface area contributed by atoms with Gasteiger partial charge in [-0.25, -0.2) is 8.42 Å². The molecule has 7 nitrogen and oxygen atoms in total. The number of hydrogen-bond donors (Lipinski definition) is 1. The van der Waals surface area contributed by atoms with Crippen LogP contribution in [0, 0.1) is 13.8 Å². The predicted octanol–water partition coefficient (Wildman–Crippen LogP) is 5.09. The van der Waals surface area contributed by atoms with Gasteiger partial charge in [0, 0.05) is 17.1 Å². The normalized spacial score (nSPS) is 15.2. The molecule has 1 unspecified atom stereocenters. The maximum atomic E-state index is 13.8. The van der Waals surface area contributed by atoms with Gasteiger partial charge in [-0.2, -0.15) is 0 Å². The minimum Gasteiger partial charge on any atom is -0.352 e. The van der Waals surface area contributed by atoms with Crippen molar-refractivity contribution >= 4 is 43.5 Å². The fourth-order valence-corrected chi connectivity index (χ4v) is 5.96. The average molecular weight is 593 g/mol. The monoisotopic (exact) mass is 591 g/mol. The third-order valence-electron chi connectivity index (χ3n) is 6.88. The molecule has 1 aliphatic carbocycles. The van der Waals surface area contributed by atoms with E-state index in [4.69, 9.17) is 0 Å². The number of sulfonamides is 1. The van der Waals surface area contributed by atoms with Gasteiger partial charge in [0.05, 0.1) is 11.9 Å². The number of carbonyl (C=O) groups excluding carboxylic acids is 2. The first-order valence-corrected chi connectivity index (χ1v) is 15.5. The summed E-state index contributed by atoms with van der Waals surface area (Å²) in [7, 11) is -3.76. The second-order valence-electron chi connectivity index (χ2n) is 9.98. The van der Waals surface area contributed by atoms with Gasteiger partial charge in [-0.3, -0.25) is 13.9 Å². The van der Waals surface area contributed by atoms with Crippen LogP contribution < -0.4 is 9.62 Å². The topological polar surface area (TPSA) is 86.8 Å². The van der Waals surface area contributed by atoms with E-state index in [1.54, 1.807) is 18.2 Å². The van der Waals surface area contributed by atoms with Crippen molar-refractivity contribution in [1.82, 2.24) is 10.2 Å². The molecule has 1 aliphatic rings. The number of hydrogen-bond acceptors (Lipinski definition) is 4. The van der Waals surface area contributed by atoms with Crippen LogP contribution in [0.15, 0.2) is 46.9 Å². The number of benzene rings is 2. The van der Waals surface area contributed by atoms with Gasteiger partial charge in [-0.1, -0.05) is 71.9 Å². The summed E-state index contributed by atoms with van der Waals surface area (Å²) < 4.78 is 27.5. The third-order valence-corrected chi connectivity index (χ3v) is 8.91. The van der Waals surface area contributed by atoms with E-state index in [-0.39, 0.29) is 25.0 Å². The quantitative estimate of drug-likeness (QED) is 0.417. The van der Waals surface area contributed by atoms with Crippen LogP contribution in [0.2, 0.25) is 0 Å². The Hall–Kier alpha value is -2.39. The van der Waals surface area contributed by atoms with Crippen molar-refractivity contribution in [2.24, 2.45) is 0 Å². The molecule has 0 aliphatic heterocycles. The molecule has 2 aromatic carbocycles. The Morgan fingerprint density at radius 1 is 1.08 bits per heavy atom. The van der Waals surface area contributed by atoms with Crippen LogP contribution in [-0.2, 0) is 26.2 Å². The van der Waals surface area contributed by atoms with Crippen molar-refractivity contribution in [2.75, 3.05) is 17.1 Å².